The Morgan fingerprint density at radius 2 is 1.63 bits per heavy atom. The number of rotatable bonds is 7. The molecule has 8 heteroatoms. The van der Waals surface area contributed by atoms with Crippen LogP contribution in [0.2, 0.25) is 0 Å². The van der Waals surface area contributed by atoms with Crippen LogP contribution in [-0.4, -0.2) is 48.0 Å². The van der Waals surface area contributed by atoms with Gasteiger partial charge in [0, 0.05) is 24.5 Å². The van der Waals surface area contributed by atoms with Crippen molar-refractivity contribution in [1.29, 1.82) is 0 Å². The van der Waals surface area contributed by atoms with Crippen molar-refractivity contribution in [3.8, 4) is 17.2 Å². The zero-order valence-corrected chi connectivity index (χ0v) is 21.2. The lowest BCUT2D eigenvalue weighted by atomic mass is 9.93. The van der Waals surface area contributed by atoms with Crippen molar-refractivity contribution in [2.45, 2.75) is 12.6 Å². The van der Waals surface area contributed by atoms with E-state index in [1.807, 2.05) is 36.4 Å². The van der Waals surface area contributed by atoms with Gasteiger partial charge in [-0.15, -0.1) is 0 Å². The lowest BCUT2D eigenvalue weighted by molar-refractivity contribution is -0.140. The third-order valence-corrected chi connectivity index (χ3v) is 6.66. The minimum atomic E-state index is -0.928. The summed E-state index contributed by atoms with van der Waals surface area (Å²) >= 11 is 0. The quantitative estimate of drug-likeness (QED) is 0.215. The average molecular weight is 511 g/mol. The number of carbonyl (C=O) groups is 2. The first-order chi connectivity index (χ1) is 18.5. The van der Waals surface area contributed by atoms with E-state index in [-0.39, 0.29) is 17.9 Å². The maximum Gasteiger partial charge on any atom is 0.295 e. The Morgan fingerprint density at radius 1 is 0.921 bits per heavy atom. The molecule has 4 aromatic rings. The second-order valence-electron chi connectivity index (χ2n) is 8.77. The molecule has 1 aromatic heterocycles. The van der Waals surface area contributed by atoms with E-state index in [0.717, 1.165) is 16.3 Å². The Hall–Kier alpha value is -4.85. The summed E-state index contributed by atoms with van der Waals surface area (Å²) < 4.78 is 16.5. The minimum Gasteiger partial charge on any atom is -0.507 e. The van der Waals surface area contributed by atoms with Crippen LogP contribution in [0.15, 0.2) is 84.7 Å². The highest BCUT2D eigenvalue weighted by molar-refractivity contribution is 6.46. The van der Waals surface area contributed by atoms with Gasteiger partial charge in [-0.2, -0.15) is 0 Å². The zero-order chi connectivity index (χ0) is 26.8. The fourth-order valence-electron chi connectivity index (χ4n) is 4.91. The molecule has 0 aliphatic carbocycles. The number of methoxy groups -OCH3 is 3. The molecule has 2 heterocycles. The Morgan fingerprint density at radius 3 is 2.29 bits per heavy atom. The van der Waals surface area contributed by atoms with Crippen molar-refractivity contribution >= 4 is 28.2 Å². The van der Waals surface area contributed by atoms with E-state index in [2.05, 4.69) is 4.98 Å². The number of likely N-dealkylation sites (tertiary alicyclic amines) is 1. The molecule has 38 heavy (non-hydrogen) atoms. The van der Waals surface area contributed by atoms with Gasteiger partial charge in [0.15, 0.2) is 11.5 Å². The second-order valence-corrected chi connectivity index (χ2v) is 8.77. The van der Waals surface area contributed by atoms with E-state index >= 15 is 0 Å². The topological polar surface area (TPSA) is 98.2 Å². The number of ether oxygens (including phenoxy) is 3. The molecule has 0 radical (unpaired) electrons. The summed E-state index contributed by atoms with van der Waals surface area (Å²) in [6.07, 6.45) is 3.27. The monoisotopic (exact) mass is 510 g/mol. The number of Topliss-reactive ketones (excluding diaryl/α,β-unsaturated/α-hetero) is 1. The van der Waals surface area contributed by atoms with E-state index in [0.29, 0.717) is 28.4 Å². The molecule has 8 nitrogen and oxygen atoms in total. The summed E-state index contributed by atoms with van der Waals surface area (Å²) in [5.74, 6) is -0.671. The number of amides is 1. The van der Waals surface area contributed by atoms with Crippen LogP contribution in [0.4, 0.5) is 0 Å². The van der Waals surface area contributed by atoms with Crippen molar-refractivity contribution in [3.05, 3.63) is 101 Å². The van der Waals surface area contributed by atoms with Crippen molar-refractivity contribution in [1.82, 2.24) is 9.88 Å². The predicted molar refractivity (Wildman–Crippen MR) is 142 cm³/mol. The predicted octanol–water partition coefficient (Wildman–Crippen LogP) is 4.88. The zero-order valence-electron chi connectivity index (χ0n) is 21.2. The van der Waals surface area contributed by atoms with Crippen molar-refractivity contribution in [2.75, 3.05) is 21.3 Å². The fraction of sp³-hybridized carbons (Fsp3) is 0.167. The molecule has 1 saturated heterocycles. The molecule has 1 aliphatic rings. The molecule has 1 unspecified atom stereocenters. The van der Waals surface area contributed by atoms with Crippen molar-refractivity contribution in [3.63, 3.8) is 0 Å². The third-order valence-electron chi connectivity index (χ3n) is 6.66. The van der Waals surface area contributed by atoms with Crippen LogP contribution in [0.3, 0.4) is 0 Å². The normalized spacial score (nSPS) is 16.6. The van der Waals surface area contributed by atoms with Crippen molar-refractivity contribution < 1.29 is 28.9 Å². The fourth-order valence-corrected chi connectivity index (χ4v) is 4.91. The second kappa shape index (κ2) is 10.3. The number of aliphatic hydroxyl groups excluding tert-OH is 1. The van der Waals surface area contributed by atoms with Crippen LogP contribution < -0.4 is 14.2 Å². The van der Waals surface area contributed by atoms with Crippen LogP contribution in [-0.2, 0) is 16.1 Å². The number of aliphatic hydroxyl groups is 1. The summed E-state index contributed by atoms with van der Waals surface area (Å²) in [7, 11) is 4.47. The van der Waals surface area contributed by atoms with Crippen LogP contribution >= 0.6 is 0 Å². The number of aromatic nitrogens is 1. The van der Waals surface area contributed by atoms with Gasteiger partial charge in [-0.05, 0) is 40.1 Å². The Labute approximate surface area is 219 Å². The van der Waals surface area contributed by atoms with Gasteiger partial charge in [0.25, 0.3) is 11.7 Å². The molecule has 1 aliphatic heterocycles. The summed E-state index contributed by atoms with van der Waals surface area (Å²) in [5.41, 5.74) is 1.69. The van der Waals surface area contributed by atoms with E-state index < -0.39 is 17.7 Å². The van der Waals surface area contributed by atoms with E-state index in [4.69, 9.17) is 14.2 Å². The molecule has 0 spiro atoms. The Bertz CT molecular complexity index is 1530. The summed E-state index contributed by atoms with van der Waals surface area (Å²) in [6, 6.07) is 19.0. The van der Waals surface area contributed by atoms with Crippen LogP contribution in [0, 0.1) is 0 Å². The van der Waals surface area contributed by atoms with Gasteiger partial charge in [-0.3, -0.25) is 14.6 Å². The number of nitrogens with zero attached hydrogens (tertiary/aromatic N) is 2. The van der Waals surface area contributed by atoms with E-state index in [9.17, 15) is 14.7 Å². The molecule has 3 aromatic carbocycles. The third kappa shape index (κ3) is 4.20. The van der Waals surface area contributed by atoms with Crippen LogP contribution in [0.5, 0.6) is 17.2 Å². The highest BCUT2D eigenvalue weighted by atomic mass is 16.5. The highest BCUT2D eigenvalue weighted by Crippen LogP contribution is 2.46. The molecule has 5 rings (SSSR count). The molecular formula is C30H26N2O6. The summed E-state index contributed by atoms with van der Waals surface area (Å²) in [5, 5.41) is 13.3. The van der Waals surface area contributed by atoms with Crippen LogP contribution in [0.25, 0.3) is 16.5 Å². The standard InChI is InChI=1S/C30H26N2O6/c1-36-23-14-20(15-24(37-2)29(23)38-3)26-25(27(33)22-12-6-10-19-9-4-5-11-21(19)22)28(34)30(35)32(26)17-18-8-7-13-31-16-18/h4-16,26,33H,17H2,1-3H3/b27-25+. The Kier molecular flexibility index (Phi) is 6.70. The smallest absolute Gasteiger partial charge is 0.295 e. The van der Waals surface area contributed by atoms with Crippen molar-refractivity contribution in [2.24, 2.45) is 0 Å². The molecule has 1 atom stereocenters. The maximum atomic E-state index is 13.6. The number of fused-ring (bicyclic) bond motifs is 1. The van der Waals surface area contributed by atoms with Gasteiger partial charge in [-0.1, -0.05) is 48.5 Å². The Balaban J connectivity index is 1.76. The lowest BCUT2D eigenvalue weighted by Crippen LogP contribution is -2.29. The first-order valence-electron chi connectivity index (χ1n) is 11.9. The number of ketones is 1. The van der Waals surface area contributed by atoms with E-state index in [1.54, 1.807) is 42.7 Å². The molecule has 0 saturated carbocycles. The number of carbonyl (C=O) groups excluding carboxylic acids is 2. The van der Waals surface area contributed by atoms with Gasteiger partial charge < -0.3 is 24.2 Å². The van der Waals surface area contributed by atoms with Gasteiger partial charge in [0.1, 0.15) is 5.76 Å². The molecular weight excluding hydrogens is 484 g/mol. The molecule has 1 fully saturated rings. The largest absolute Gasteiger partial charge is 0.507 e. The van der Waals surface area contributed by atoms with E-state index in [1.165, 1.54) is 26.2 Å². The van der Waals surface area contributed by atoms with Gasteiger partial charge in [-0.25, -0.2) is 0 Å². The SMILES string of the molecule is COc1cc(C2/C(=C(\O)c3cccc4ccccc34)C(=O)C(=O)N2Cc2cccnc2)cc(OC)c1OC. The molecule has 0 bridgehead atoms. The molecule has 1 amide bonds. The van der Waals surface area contributed by atoms with Gasteiger partial charge in [0.05, 0.1) is 32.9 Å². The number of hydrogen-bond donors (Lipinski definition) is 1. The van der Waals surface area contributed by atoms with Gasteiger partial charge in [0.2, 0.25) is 5.75 Å². The summed E-state index contributed by atoms with van der Waals surface area (Å²) in [4.78, 5) is 32.6. The highest BCUT2D eigenvalue weighted by Gasteiger charge is 2.46. The molecule has 1 N–H and O–H groups in total. The first-order valence-corrected chi connectivity index (χ1v) is 11.9. The maximum absolute atomic E-state index is 13.6. The number of hydrogen-bond acceptors (Lipinski definition) is 7. The van der Waals surface area contributed by atoms with Gasteiger partial charge >= 0.3 is 0 Å². The lowest BCUT2D eigenvalue weighted by Gasteiger charge is -2.26. The summed E-state index contributed by atoms with van der Waals surface area (Å²) in [6.45, 7) is 0.103. The minimum absolute atomic E-state index is 0.0236. The average Bonchev–Trinajstić information content (AvgIpc) is 3.21. The first kappa shape index (κ1) is 24.8. The number of benzene rings is 3. The van der Waals surface area contributed by atoms with Crippen LogP contribution in [0.1, 0.15) is 22.7 Å². The molecule has 192 valence electrons. The number of pyridine rings is 1.